The zero-order valence-corrected chi connectivity index (χ0v) is 12.6. The molecule has 1 aromatic rings. The molecule has 2 atom stereocenters. The monoisotopic (exact) mass is 282 g/mol. The van der Waals surface area contributed by atoms with Crippen LogP contribution in [-0.2, 0) is 4.79 Å². The first kappa shape index (κ1) is 14.4. The van der Waals surface area contributed by atoms with Crippen LogP contribution in [0.2, 0.25) is 0 Å². The quantitative estimate of drug-likeness (QED) is 0.892. The van der Waals surface area contributed by atoms with Gasteiger partial charge in [-0.25, -0.2) is 0 Å². The zero-order valence-electron chi connectivity index (χ0n) is 11.8. The van der Waals surface area contributed by atoms with Crippen molar-refractivity contribution in [3.8, 4) is 0 Å². The average Bonchev–Trinajstić information content (AvgIpc) is 2.76. The van der Waals surface area contributed by atoms with Gasteiger partial charge in [-0.1, -0.05) is 38.0 Å². The molecule has 0 aliphatic heterocycles. The highest BCUT2D eigenvalue weighted by atomic mass is 32.1. The van der Waals surface area contributed by atoms with Crippen molar-refractivity contribution in [2.75, 3.05) is 5.32 Å². The minimum Gasteiger partial charge on any atom is -0.325 e. The number of nitrogens with two attached hydrogens (primary N) is 1. The Kier molecular flexibility index (Phi) is 4.20. The number of hydrogen-bond donors (Lipinski definition) is 2. The molecule has 0 saturated heterocycles. The summed E-state index contributed by atoms with van der Waals surface area (Å²) in [6.07, 6.45) is 3.93. The van der Waals surface area contributed by atoms with E-state index in [9.17, 15) is 4.79 Å². The Morgan fingerprint density at radius 3 is 2.79 bits per heavy atom. The van der Waals surface area contributed by atoms with Crippen LogP contribution >= 0.6 is 11.3 Å². The van der Waals surface area contributed by atoms with Gasteiger partial charge in [0.25, 0.3) is 0 Å². The van der Waals surface area contributed by atoms with E-state index in [1.807, 2.05) is 6.92 Å². The molecule has 1 heterocycles. The van der Waals surface area contributed by atoms with Gasteiger partial charge in [0.1, 0.15) is 5.01 Å². The van der Waals surface area contributed by atoms with Gasteiger partial charge >= 0.3 is 0 Å². The molecule has 106 valence electrons. The topological polar surface area (TPSA) is 80.9 Å². The van der Waals surface area contributed by atoms with Gasteiger partial charge in [0.2, 0.25) is 11.0 Å². The molecule has 0 radical (unpaired) electrons. The summed E-state index contributed by atoms with van der Waals surface area (Å²) in [6.45, 7) is 6.09. The fourth-order valence-corrected chi connectivity index (χ4v) is 3.25. The number of rotatable bonds is 3. The molecule has 0 spiro atoms. The fourth-order valence-electron chi connectivity index (χ4n) is 2.50. The van der Waals surface area contributed by atoms with E-state index < -0.39 is 5.54 Å². The van der Waals surface area contributed by atoms with Gasteiger partial charge in [0, 0.05) is 11.5 Å². The van der Waals surface area contributed by atoms with Crippen LogP contribution in [0.5, 0.6) is 0 Å². The second kappa shape index (κ2) is 5.54. The van der Waals surface area contributed by atoms with Crippen LogP contribution < -0.4 is 11.1 Å². The van der Waals surface area contributed by atoms with Crippen molar-refractivity contribution < 1.29 is 4.79 Å². The van der Waals surface area contributed by atoms with E-state index in [0.29, 0.717) is 11.0 Å². The molecule has 1 aliphatic carbocycles. The minimum absolute atomic E-state index is 0.0174. The Bertz CT molecular complexity index is 455. The number of nitrogens with one attached hydrogen (secondary N) is 1. The summed E-state index contributed by atoms with van der Waals surface area (Å²) < 4.78 is 0. The highest BCUT2D eigenvalue weighted by Crippen LogP contribution is 2.33. The molecule has 5 nitrogen and oxygen atoms in total. The number of nitrogens with zero attached hydrogens (tertiary/aromatic N) is 2. The molecule has 3 N–H and O–H groups in total. The molecule has 19 heavy (non-hydrogen) atoms. The highest BCUT2D eigenvalue weighted by Gasteiger charge is 2.38. The third-order valence-corrected chi connectivity index (χ3v) is 4.87. The molecule has 0 bridgehead atoms. The molecular formula is C13H22N4OS. The Hall–Kier alpha value is -1.01. The summed E-state index contributed by atoms with van der Waals surface area (Å²) in [5.74, 6) is 0.182. The van der Waals surface area contributed by atoms with E-state index in [1.54, 1.807) is 0 Å². The summed E-state index contributed by atoms with van der Waals surface area (Å²) in [7, 11) is 0. The molecule has 1 aliphatic rings. The van der Waals surface area contributed by atoms with Gasteiger partial charge in [-0.2, -0.15) is 0 Å². The van der Waals surface area contributed by atoms with E-state index in [2.05, 4.69) is 29.4 Å². The van der Waals surface area contributed by atoms with E-state index >= 15 is 0 Å². The van der Waals surface area contributed by atoms with Crippen LogP contribution in [0.1, 0.15) is 57.4 Å². The second-order valence-electron chi connectivity index (χ2n) is 5.89. The van der Waals surface area contributed by atoms with Crippen LogP contribution in [0, 0.1) is 5.92 Å². The summed E-state index contributed by atoms with van der Waals surface area (Å²) in [5.41, 5.74) is 5.83. The lowest BCUT2D eigenvalue weighted by Gasteiger charge is -2.36. The van der Waals surface area contributed by atoms with Gasteiger partial charge in [-0.3, -0.25) is 4.79 Å². The van der Waals surface area contributed by atoms with Crippen LogP contribution in [-0.4, -0.2) is 21.6 Å². The summed E-state index contributed by atoms with van der Waals surface area (Å²) in [5, 5.41) is 12.5. The van der Waals surface area contributed by atoms with Gasteiger partial charge in [0.15, 0.2) is 0 Å². The third-order valence-electron chi connectivity index (χ3n) is 3.74. The van der Waals surface area contributed by atoms with Gasteiger partial charge in [-0.15, -0.1) is 10.2 Å². The highest BCUT2D eigenvalue weighted by molar-refractivity contribution is 7.15. The van der Waals surface area contributed by atoms with Crippen LogP contribution in [0.15, 0.2) is 0 Å². The third kappa shape index (κ3) is 3.30. The second-order valence-corrected chi connectivity index (χ2v) is 6.90. The number of anilines is 1. The van der Waals surface area contributed by atoms with E-state index in [1.165, 1.54) is 11.3 Å². The number of amides is 1. The summed E-state index contributed by atoms with van der Waals surface area (Å²) in [6, 6.07) is 0. The lowest BCUT2D eigenvalue weighted by Crippen LogP contribution is -2.51. The molecule has 1 aromatic heterocycles. The Morgan fingerprint density at radius 1 is 1.47 bits per heavy atom. The minimum atomic E-state index is -0.409. The molecule has 1 saturated carbocycles. The smallest absolute Gasteiger partial charge is 0.231 e. The van der Waals surface area contributed by atoms with E-state index in [0.717, 1.165) is 30.7 Å². The lowest BCUT2D eigenvalue weighted by molar-refractivity contribution is -0.122. The Labute approximate surface area is 118 Å². The molecule has 6 heteroatoms. The van der Waals surface area contributed by atoms with Crippen molar-refractivity contribution >= 4 is 22.4 Å². The zero-order chi connectivity index (χ0) is 14.0. The normalized spacial score (nSPS) is 27.5. The molecule has 0 aromatic carbocycles. The standard InChI is InChI=1S/C13H22N4OS/c1-8(2)11-16-17-12(19-11)15-10(18)9-6-4-5-7-13(9,3)14/h8-9H,4-7,14H2,1-3H3,(H,15,17,18). The predicted molar refractivity (Wildman–Crippen MR) is 77.2 cm³/mol. The van der Waals surface area contributed by atoms with Crippen LogP contribution in [0.4, 0.5) is 5.13 Å². The van der Waals surface area contributed by atoms with E-state index in [4.69, 9.17) is 5.73 Å². The number of carbonyl (C=O) groups is 1. The summed E-state index contributed by atoms with van der Waals surface area (Å²) in [4.78, 5) is 12.3. The van der Waals surface area contributed by atoms with Gasteiger partial charge in [-0.05, 0) is 19.8 Å². The van der Waals surface area contributed by atoms with Crippen molar-refractivity contribution in [2.45, 2.75) is 57.9 Å². The molecular weight excluding hydrogens is 260 g/mol. The number of carbonyl (C=O) groups excluding carboxylic acids is 1. The maximum absolute atomic E-state index is 12.3. The van der Waals surface area contributed by atoms with Crippen molar-refractivity contribution in [3.05, 3.63) is 5.01 Å². The van der Waals surface area contributed by atoms with Crippen molar-refractivity contribution in [1.82, 2.24) is 10.2 Å². The SMILES string of the molecule is CC(C)c1nnc(NC(=O)C2CCCCC2(C)N)s1. The van der Waals surface area contributed by atoms with Crippen molar-refractivity contribution in [3.63, 3.8) is 0 Å². The Balaban J connectivity index is 2.03. The Morgan fingerprint density at radius 2 is 2.21 bits per heavy atom. The molecule has 2 unspecified atom stereocenters. The van der Waals surface area contributed by atoms with Crippen molar-refractivity contribution in [1.29, 1.82) is 0 Å². The molecule has 1 amide bonds. The van der Waals surface area contributed by atoms with Gasteiger partial charge < -0.3 is 11.1 Å². The predicted octanol–water partition coefficient (Wildman–Crippen LogP) is 2.51. The van der Waals surface area contributed by atoms with Gasteiger partial charge in [0.05, 0.1) is 5.92 Å². The molecule has 1 fully saturated rings. The number of aromatic nitrogens is 2. The largest absolute Gasteiger partial charge is 0.325 e. The van der Waals surface area contributed by atoms with Crippen molar-refractivity contribution in [2.24, 2.45) is 11.7 Å². The maximum atomic E-state index is 12.3. The molecule has 2 rings (SSSR count). The number of hydrogen-bond acceptors (Lipinski definition) is 5. The van der Waals surface area contributed by atoms with Crippen LogP contribution in [0.3, 0.4) is 0 Å². The summed E-state index contributed by atoms with van der Waals surface area (Å²) >= 11 is 1.44. The maximum Gasteiger partial charge on any atom is 0.231 e. The first-order valence-electron chi connectivity index (χ1n) is 6.83. The fraction of sp³-hybridized carbons (Fsp3) is 0.769. The first-order chi connectivity index (χ1) is 8.90. The average molecular weight is 282 g/mol. The van der Waals surface area contributed by atoms with E-state index in [-0.39, 0.29) is 11.8 Å². The first-order valence-corrected chi connectivity index (χ1v) is 7.65. The lowest BCUT2D eigenvalue weighted by atomic mass is 9.74. The van der Waals surface area contributed by atoms with Crippen LogP contribution in [0.25, 0.3) is 0 Å².